The second-order valence-electron chi connectivity index (χ2n) is 34.7. The van der Waals surface area contributed by atoms with Crippen molar-refractivity contribution in [3.63, 3.8) is 0 Å². The Hall–Kier alpha value is -17.9. The van der Waals surface area contributed by atoms with Crippen LogP contribution in [-0.2, 0) is 0 Å². The van der Waals surface area contributed by atoms with Crippen LogP contribution >= 0.6 is 0 Å². The molecule has 0 bridgehead atoms. The van der Waals surface area contributed by atoms with Crippen LogP contribution in [0.5, 0.6) is 0 Å². The lowest BCUT2D eigenvalue weighted by molar-refractivity contribution is 1.16. The van der Waals surface area contributed by atoms with Crippen molar-refractivity contribution in [1.29, 1.82) is 0 Å². The first-order valence-electron chi connectivity index (χ1n) is 44.6. The summed E-state index contributed by atoms with van der Waals surface area (Å²) in [7, 11) is 0. The van der Waals surface area contributed by atoms with E-state index >= 15 is 0 Å². The van der Waals surface area contributed by atoms with E-state index in [2.05, 4.69) is 395 Å². The van der Waals surface area contributed by atoms with Crippen LogP contribution in [0.2, 0.25) is 0 Å². The zero-order valence-electron chi connectivity index (χ0n) is 70.0. The quantitative estimate of drug-likeness (QED) is 0.170. The Morgan fingerprint density at radius 3 is 1.00 bits per heavy atom. The van der Waals surface area contributed by atoms with Gasteiger partial charge < -0.3 is 18.3 Å². The van der Waals surface area contributed by atoms with Crippen molar-refractivity contribution < 1.29 is 0 Å². The molecule has 0 saturated heterocycles. The first kappa shape index (κ1) is 70.4. The van der Waals surface area contributed by atoms with Crippen LogP contribution in [0.15, 0.2) is 406 Å². The number of hydrogen-bond donors (Lipinski definition) is 0. The Balaban J connectivity index is 0.0000000951. The van der Waals surface area contributed by atoms with Crippen molar-refractivity contribution in [2.75, 3.05) is 0 Å². The number of aromatic nitrogens is 13. The van der Waals surface area contributed by atoms with Gasteiger partial charge in [-0.1, -0.05) is 261 Å². The summed E-state index contributed by atoms with van der Waals surface area (Å²) in [5.74, 6) is 0. The van der Waals surface area contributed by atoms with Gasteiger partial charge in [0.1, 0.15) is 16.6 Å². The molecule has 13 aromatic heterocycles. The predicted octanol–water partition coefficient (Wildman–Crippen LogP) is 29.5. The molecule has 0 aliphatic carbocycles. The number of rotatable bonds is 5. The molecular formula is C118H67N13. The van der Waals surface area contributed by atoms with Crippen molar-refractivity contribution in [3.8, 4) is 33.9 Å². The molecule has 32 rings (SSSR count). The van der Waals surface area contributed by atoms with Crippen molar-refractivity contribution >= 4 is 246 Å². The highest BCUT2D eigenvalue weighted by molar-refractivity contribution is 6.38. The lowest BCUT2D eigenvalue weighted by atomic mass is 9.99. The molecule has 0 fully saturated rings. The molecule has 0 radical (unpaired) electrons. The van der Waals surface area contributed by atoms with E-state index in [1.807, 2.05) is 42.5 Å². The highest BCUT2D eigenvalue weighted by atomic mass is 15.1. The van der Waals surface area contributed by atoms with Gasteiger partial charge in [0.2, 0.25) is 0 Å². The molecule has 0 N–H and O–H groups in total. The Morgan fingerprint density at radius 2 is 0.489 bits per heavy atom. The number of hydrogen-bond acceptors (Lipinski definition) is 6. The Morgan fingerprint density at radius 1 is 0.153 bits per heavy atom. The van der Waals surface area contributed by atoms with Crippen molar-refractivity contribution in [1.82, 2.24) is 61.4 Å². The maximum absolute atomic E-state index is 5.22. The number of benzene rings is 19. The van der Waals surface area contributed by atoms with Gasteiger partial charge in [-0.3, -0.25) is 13.2 Å². The third-order valence-electron chi connectivity index (χ3n) is 27.9. The fourth-order valence-electron chi connectivity index (χ4n) is 22.6. The van der Waals surface area contributed by atoms with Gasteiger partial charge in [0.05, 0.1) is 110 Å². The standard InChI is InChI=1S/C44H25N5.C38H22N4.C36H20N4/c1-2-11-26(12-3-1)47-36-19-8-4-13-28(36)30-22-21-27(25-39(30)47)48-37-20-9-5-14-29(37)31-23-24-38-40(43(31)48)32-15-10-16-33-41-44(49(38)42(32)33)46-35-18-7-6-17-34(35)45-41;1-3-11-23(12-4-1)24-21-28-34-33(42-36(28)29(22-24)35-38(42)40-31-17-9-8-16-30(31)39-35)20-19-27-26-15-7-10-18-32(26)41(37(27)34)25-13-5-2-6-14-25;1-2-11-22(12-3-1)39-29-17-9-6-14-24(29)25-18-19-30-32(34(25)39)31-23-13-5-4-10-21(23)20-26-33-36(40(30)35(26)31)38-28-16-8-7-15-27(28)37-33/h1-25H;1-22H;1-20H. The van der Waals surface area contributed by atoms with E-state index in [-0.39, 0.29) is 0 Å². The molecule has 32 aromatic rings. The smallest absolute Gasteiger partial charge is 0.165 e. The van der Waals surface area contributed by atoms with Crippen LogP contribution in [-0.4, -0.2) is 61.4 Å². The lowest BCUT2D eigenvalue weighted by Crippen LogP contribution is -1.97. The fourth-order valence-corrected chi connectivity index (χ4v) is 22.6. The molecule has 13 heteroatoms. The average molecular weight is 1670 g/mol. The van der Waals surface area contributed by atoms with Crippen molar-refractivity contribution in [2.24, 2.45) is 0 Å². The molecule has 19 aromatic carbocycles. The van der Waals surface area contributed by atoms with Gasteiger partial charge in [-0.15, -0.1) is 0 Å². The number of nitrogens with zero attached hydrogens (tertiary/aromatic N) is 13. The molecule has 0 aliphatic heterocycles. The molecule has 13 heterocycles. The van der Waals surface area contributed by atoms with Gasteiger partial charge in [0.15, 0.2) is 16.9 Å². The van der Waals surface area contributed by atoms with E-state index in [1.165, 1.54) is 158 Å². The van der Waals surface area contributed by atoms with Crippen LogP contribution in [0.25, 0.3) is 280 Å². The third kappa shape index (κ3) is 9.60. The zero-order valence-corrected chi connectivity index (χ0v) is 70.0. The van der Waals surface area contributed by atoms with Crippen LogP contribution in [0.3, 0.4) is 0 Å². The first-order valence-corrected chi connectivity index (χ1v) is 44.6. The van der Waals surface area contributed by atoms with Crippen LogP contribution in [0, 0.1) is 0 Å². The van der Waals surface area contributed by atoms with Crippen LogP contribution in [0.1, 0.15) is 0 Å². The third-order valence-corrected chi connectivity index (χ3v) is 27.9. The largest absolute Gasteiger partial charge is 0.309 e. The summed E-state index contributed by atoms with van der Waals surface area (Å²) in [5.41, 5.74) is 34.6. The highest BCUT2D eigenvalue weighted by Crippen LogP contribution is 2.52. The molecule has 131 heavy (non-hydrogen) atoms. The van der Waals surface area contributed by atoms with Gasteiger partial charge in [-0.05, 0) is 167 Å². The van der Waals surface area contributed by atoms with Gasteiger partial charge in [0.25, 0.3) is 0 Å². The summed E-state index contributed by atoms with van der Waals surface area (Å²) < 4.78 is 16.8. The Kier molecular flexibility index (Phi) is 14.1. The van der Waals surface area contributed by atoms with Crippen LogP contribution < -0.4 is 0 Å². The minimum absolute atomic E-state index is 0.899. The maximum Gasteiger partial charge on any atom is 0.165 e. The van der Waals surface area contributed by atoms with E-state index < -0.39 is 0 Å². The van der Waals surface area contributed by atoms with Gasteiger partial charge in [-0.25, -0.2) is 29.9 Å². The first-order chi connectivity index (χ1) is 65.0. The minimum Gasteiger partial charge on any atom is -0.309 e. The highest BCUT2D eigenvalue weighted by Gasteiger charge is 2.31. The molecular weight excluding hydrogens is 1600 g/mol. The molecule has 0 amide bonds. The zero-order chi connectivity index (χ0) is 85.1. The number of para-hydroxylation sites is 14. The topological polar surface area (TPSA) is 110 Å². The summed E-state index contributed by atoms with van der Waals surface area (Å²) in [6, 6.07) is 145. The average Bonchev–Trinajstić information content (AvgIpc) is 1.52. The molecule has 0 aliphatic rings. The Labute approximate surface area is 742 Å². The van der Waals surface area contributed by atoms with E-state index in [9.17, 15) is 0 Å². The molecule has 13 nitrogen and oxygen atoms in total. The summed E-state index contributed by atoms with van der Waals surface area (Å²) in [4.78, 5) is 31.1. The van der Waals surface area contributed by atoms with Gasteiger partial charge in [-0.2, -0.15) is 0 Å². The monoisotopic (exact) mass is 1670 g/mol. The summed E-state index contributed by atoms with van der Waals surface area (Å²) in [6.45, 7) is 0. The Bertz CT molecular complexity index is 10500. The molecule has 0 atom stereocenters. The van der Waals surface area contributed by atoms with Crippen molar-refractivity contribution in [3.05, 3.63) is 406 Å². The molecule has 0 spiro atoms. The SMILES string of the molecule is c1ccc(-c2cc3c4nc5ccccc5nc4n4c5ccc6c7ccccc7n(-c7ccccc7)c6c5c(c2)c34)cc1.c1ccc(-n2c3ccccc3c3ccc(-n4c5ccccc5c5ccc6c(c7cccc8c9nc%10ccccc%10nc9n6c87)c54)cc32)cc1.c1ccc(-n2c3ccccc3c3ccc4c(c5c6ccccc6cc6c7nc8ccccc8nc7n4c65)c32)cc1. The van der Waals surface area contributed by atoms with E-state index in [1.54, 1.807) is 0 Å². The number of fused-ring (bicyclic) bond motifs is 38. The van der Waals surface area contributed by atoms with Crippen molar-refractivity contribution in [2.45, 2.75) is 0 Å². The summed E-state index contributed by atoms with van der Waals surface area (Å²) in [6.07, 6.45) is 0. The van der Waals surface area contributed by atoms with Gasteiger partial charge >= 0.3 is 0 Å². The van der Waals surface area contributed by atoms with Crippen LogP contribution in [0.4, 0.5) is 0 Å². The van der Waals surface area contributed by atoms with Gasteiger partial charge in [0, 0.05) is 114 Å². The summed E-state index contributed by atoms with van der Waals surface area (Å²) >= 11 is 0. The molecule has 0 unspecified atom stereocenters. The second kappa shape index (κ2) is 26.3. The minimum atomic E-state index is 0.899. The summed E-state index contributed by atoms with van der Waals surface area (Å²) in [5, 5.41) is 23.3. The fraction of sp³-hybridized carbons (Fsp3) is 0. The van der Waals surface area contributed by atoms with E-state index in [0.717, 1.165) is 122 Å². The lowest BCUT2D eigenvalue weighted by Gasteiger charge is -2.12. The molecule has 604 valence electrons. The second-order valence-corrected chi connectivity index (χ2v) is 34.7. The van der Waals surface area contributed by atoms with E-state index in [0.29, 0.717) is 0 Å². The molecule has 0 saturated carbocycles. The predicted molar refractivity (Wildman–Crippen MR) is 543 cm³/mol. The maximum atomic E-state index is 5.22. The normalized spacial score (nSPS) is 12.4. The van der Waals surface area contributed by atoms with E-state index in [4.69, 9.17) is 29.9 Å².